The minimum Gasteiger partial charge on any atom is -0.467 e. The number of carbonyl (C=O) groups excluding carboxylic acids is 2. The number of hydrogen-bond acceptors (Lipinski definition) is 7. The number of halogens is 3. The van der Waals surface area contributed by atoms with Crippen LogP contribution in [0.2, 0.25) is 18.1 Å². The fourth-order valence-corrected chi connectivity index (χ4v) is 7.73. The fourth-order valence-electron chi connectivity index (χ4n) is 6.40. The molecule has 4 aliphatic heterocycles. The molecule has 0 radical (unpaired) electrons. The lowest BCUT2D eigenvalue weighted by Crippen LogP contribution is -2.61. The molecule has 1 aromatic rings. The summed E-state index contributed by atoms with van der Waals surface area (Å²) < 4.78 is 65.7. The number of methoxy groups -OCH3 is 1. The van der Waals surface area contributed by atoms with Crippen LogP contribution in [0.25, 0.3) is 0 Å². The molecule has 1 spiro atoms. The van der Waals surface area contributed by atoms with Crippen molar-refractivity contribution in [2.45, 2.75) is 81.5 Å². The second kappa shape index (κ2) is 8.27. The number of amides is 1. The van der Waals surface area contributed by atoms with Crippen LogP contribution >= 0.6 is 0 Å². The molecule has 4 aliphatic rings. The molecule has 4 fully saturated rings. The van der Waals surface area contributed by atoms with Crippen molar-refractivity contribution >= 4 is 25.9 Å². The zero-order chi connectivity index (χ0) is 28.1. The van der Waals surface area contributed by atoms with Gasteiger partial charge in [0.05, 0.1) is 48.5 Å². The predicted molar refractivity (Wildman–Crippen MR) is 130 cm³/mol. The first-order chi connectivity index (χ1) is 17.5. The Morgan fingerprint density at radius 3 is 2.53 bits per heavy atom. The maximum atomic E-state index is 14.1. The van der Waals surface area contributed by atoms with Gasteiger partial charge in [0.25, 0.3) is 0 Å². The third-order valence-electron chi connectivity index (χ3n) is 9.14. The van der Waals surface area contributed by atoms with Crippen LogP contribution in [0.5, 0.6) is 0 Å². The molecule has 8 nitrogen and oxygen atoms in total. The predicted octanol–water partition coefficient (Wildman–Crippen LogP) is 4.38. The number of alkyl halides is 3. The van der Waals surface area contributed by atoms with Crippen molar-refractivity contribution in [2.24, 2.45) is 11.8 Å². The summed E-state index contributed by atoms with van der Waals surface area (Å²) in [6.07, 6.45) is -5.74. The van der Waals surface area contributed by atoms with Gasteiger partial charge in [-0.15, -0.1) is 0 Å². The molecule has 4 saturated heterocycles. The lowest BCUT2D eigenvalue weighted by molar-refractivity contribution is -0.182. The SMILES string of the molecule is COC(=O)[C@]12O[C@@]3(CCO[C@H]4[C@@H]3[C@@H]1C(=O)N4c1ccc(C#N)c(C(F)(F)F)c1)C[C@@H]2O[Si](C)(C)C(C)(C)C. The van der Waals surface area contributed by atoms with E-state index in [0.29, 0.717) is 12.8 Å². The van der Waals surface area contributed by atoms with Crippen LogP contribution in [0.15, 0.2) is 18.2 Å². The molecule has 1 aromatic carbocycles. The smallest absolute Gasteiger partial charge is 0.417 e. The van der Waals surface area contributed by atoms with Crippen molar-refractivity contribution in [1.82, 2.24) is 0 Å². The normalized spacial score (nSPS) is 34.3. The molecule has 12 heteroatoms. The van der Waals surface area contributed by atoms with Gasteiger partial charge < -0.3 is 18.6 Å². The minimum atomic E-state index is -4.80. The van der Waals surface area contributed by atoms with Crippen LogP contribution in [0.4, 0.5) is 18.9 Å². The van der Waals surface area contributed by atoms with Gasteiger partial charge in [0, 0.05) is 24.4 Å². The van der Waals surface area contributed by atoms with E-state index >= 15 is 0 Å². The van der Waals surface area contributed by atoms with E-state index in [1.165, 1.54) is 18.1 Å². The van der Waals surface area contributed by atoms with Gasteiger partial charge >= 0.3 is 12.1 Å². The first kappa shape index (κ1) is 27.1. The van der Waals surface area contributed by atoms with Gasteiger partial charge in [-0.1, -0.05) is 20.8 Å². The summed E-state index contributed by atoms with van der Waals surface area (Å²) in [5.74, 6) is -2.99. The lowest BCUT2D eigenvalue weighted by Gasteiger charge is -2.45. The number of rotatable bonds is 4. The first-order valence-electron chi connectivity index (χ1n) is 12.6. The highest BCUT2D eigenvalue weighted by atomic mass is 28.4. The van der Waals surface area contributed by atoms with E-state index in [4.69, 9.17) is 18.6 Å². The Kier molecular flexibility index (Phi) is 5.90. The molecule has 0 unspecified atom stereocenters. The van der Waals surface area contributed by atoms with Crippen molar-refractivity contribution in [1.29, 1.82) is 5.26 Å². The second-order valence-electron chi connectivity index (χ2n) is 12.1. The Labute approximate surface area is 220 Å². The number of nitrogens with zero attached hydrogens (tertiary/aromatic N) is 2. The number of benzene rings is 1. The Bertz CT molecular complexity index is 1240. The Hall–Kier alpha value is -2.46. The molecule has 1 amide bonds. The minimum absolute atomic E-state index is 0.0564. The maximum absolute atomic E-state index is 14.1. The topological polar surface area (TPSA) is 98.1 Å². The molecule has 4 heterocycles. The molecule has 6 atom stereocenters. The zero-order valence-electron chi connectivity index (χ0n) is 22.1. The van der Waals surface area contributed by atoms with Crippen molar-refractivity contribution in [3.8, 4) is 6.07 Å². The molecule has 38 heavy (non-hydrogen) atoms. The average Bonchev–Trinajstić information content (AvgIpc) is 3.42. The molecular weight excluding hydrogens is 521 g/mol. The van der Waals surface area contributed by atoms with Gasteiger partial charge in [-0.2, -0.15) is 18.4 Å². The maximum Gasteiger partial charge on any atom is 0.417 e. The number of nitriles is 1. The highest BCUT2D eigenvalue weighted by Crippen LogP contribution is 2.67. The van der Waals surface area contributed by atoms with E-state index < -0.39 is 72.9 Å². The van der Waals surface area contributed by atoms with E-state index in [-0.39, 0.29) is 17.3 Å². The lowest BCUT2D eigenvalue weighted by atomic mass is 9.64. The number of fused-ring (bicyclic) bond motifs is 2. The number of carbonyl (C=O) groups is 2. The van der Waals surface area contributed by atoms with Crippen molar-refractivity contribution in [3.63, 3.8) is 0 Å². The highest BCUT2D eigenvalue weighted by molar-refractivity contribution is 6.74. The van der Waals surface area contributed by atoms with Gasteiger partial charge in [0.15, 0.2) is 8.32 Å². The third-order valence-corrected chi connectivity index (χ3v) is 13.6. The summed E-state index contributed by atoms with van der Waals surface area (Å²) in [7, 11) is -1.22. The summed E-state index contributed by atoms with van der Waals surface area (Å²) in [5.41, 5.74) is -4.43. The Morgan fingerprint density at radius 1 is 1.26 bits per heavy atom. The summed E-state index contributed by atoms with van der Waals surface area (Å²) in [4.78, 5) is 28.8. The third kappa shape index (κ3) is 3.51. The fraction of sp³-hybridized carbons (Fsp3) is 0.654. The summed E-state index contributed by atoms with van der Waals surface area (Å²) in [6.45, 7) is 10.5. The quantitative estimate of drug-likeness (QED) is 0.404. The van der Waals surface area contributed by atoms with Gasteiger partial charge in [0.1, 0.15) is 6.23 Å². The summed E-state index contributed by atoms with van der Waals surface area (Å²) >= 11 is 0. The summed E-state index contributed by atoms with van der Waals surface area (Å²) in [6, 6.07) is 4.69. The van der Waals surface area contributed by atoms with E-state index in [2.05, 4.69) is 20.8 Å². The van der Waals surface area contributed by atoms with Gasteiger partial charge in [-0.25, -0.2) is 4.79 Å². The first-order valence-corrected chi connectivity index (χ1v) is 15.5. The van der Waals surface area contributed by atoms with E-state index in [1.807, 2.05) is 13.1 Å². The molecule has 0 N–H and O–H groups in total. The molecule has 0 aromatic heterocycles. The van der Waals surface area contributed by atoms with E-state index in [0.717, 1.165) is 12.1 Å². The van der Waals surface area contributed by atoms with Crippen molar-refractivity contribution < 1.29 is 41.4 Å². The van der Waals surface area contributed by atoms with Gasteiger partial charge in [0.2, 0.25) is 11.5 Å². The highest BCUT2D eigenvalue weighted by Gasteiger charge is 2.83. The standard InChI is InChI=1S/C26H31F3N2O6Si/c1-23(2,3)38(5,6)36-17-12-24-9-10-35-21-19(24)18(25(17,37-24)22(33)34-4)20(32)31(21)15-8-7-14(13-30)16(11-15)26(27,28)29/h7-8,11,17-19,21H,9-10,12H2,1-6H3/t17-,18+,19-,21-,24-,25+/m0/s1. The number of hydrogen-bond donors (Lipinski definition) is 0. The number of ether oxygens (including phenoxy) is 3. The van der Waals surface area contributed by atoms with Crippen LogP contribution in [-0.4, -0.2) is 57.4 Å². The van der Waals surface area contributed by atoms with Crippen LogP contribution in [0.1, 0.15) is 44.7 Å². The van der Waals surface area contributed by atoms with Crippen LogP contribution in [0.3, 0.4) is 0 Å². The monoisotopic (exact) mass is 552 g/mol. The van der Waals surface area contributed by atoms with E-state index in [1.54, 1.807) is 6.07 Å². The zero-order valence-corrected chi connectivity index (χ0v) is 23.1. The molecular formula is C26H31F3N2O6Si. The number of anilines is 1. The summed E-state index contributed by atoms with van der Waals surface area (Å²) in [5, 5.41) is 9.02. The van der Waals surface area contributed by atoms with Crippen LogP contribution in [0, 0.1) is 23.2 Å². The van der Waals surface area contributed by atoms with Crippen LogP contribution in [-0.2, 0) is 34.4 Å². The second-order valence-corrected chi connectivity index (χ2v) is 16.8. The average molecular weight is 553 g/mol. The van der Waals surface area contributed by atoms with E-state index in [9.17, 15) is 28.0 Å². The van der Waals surface area contributed by atoms with Crippen molar-refractivity contribution in [2.75, 3.05) is 18.6 Å². The molecule has 0 saturated carbocycles. The van der Waals surface area contributed by atoms with Gasteiger partial charge in [-0.05, 0) is 36.3 Å². The molecule has 0 aliphatic carbocycles. The van der Waals surface area contributed by atoms with Crippen molar-refractivity contribution in [3.05, 3.63) is 29.3 Å². The largest absolute Gasteiger partial charge is 0.467 e. The van der Waals surface area contributed by atoms with Gasteiger partial charge in [-0.3, -0.25) is 9.69 Å². The number of esters is 1. The van der Waals surface area contributed by atoms with Crippen LogP contribution < -0.4 is 4.90 Å². The molecule has 2 bridgehead atoms. The Morgan fingerprint density at radius 2 is 1.95 bits per heavy atom. The Balaban J connectivity index is 1.63. The molecule has 5 rings (SSSR count). The molecule has 206 valence electrons.